The van der Waals surface area contributed by atoms with Gasteiger partial charge in [0, 0.05) is 13.0 Å². The number of carboxylic acids is 1. The molecule has 0 radical (unpaired) electrons. The predicted octanol–water partition coefficient (Wildman–Crippen LogP) is 3.71. The molecule has 0 unspecified atom stereocenters. The van der Waals surface area contributed by atoms with Crippen molar-refractivity contribution in [2.45, 2.75) is 6.42 Å². The zero-order valence-electron chi connectivity index (χ0n) is 10.4. The summed E-state index contributed by atoms with van der Waals surface area (Å²) >= 11 is 7.70. The number of hydrogen-bond acceptors (Lipinski definition) is 4. The van der Waals surface area contributed by atoms with Gasteiger partial charge in [0.05, 0.1) is 26.9 Å². The van der Waals surface area contributed by atoms with Crippen molar-refractivity contribution < 1.29 is 9.90 Å². The van der Waals surface area contributed by atoms with Crippen LogP contribution in [0.15, 0.2) is 40.8 Å². The minimum atomic E-state index is -0.924. The minimum Gasteiger partial charge on any atom is -0.478 e. The van der Waals surface area contributed by atoms with Crippen molar-refractivity contribution in [2.24, 2.45) is 5.10 Å². The maximum Gasteiger partial charge on any atom is 0.335 e. The number of aromatic carboxylic acids is 1. The Labute approximate surface area is 124 Å². The molecule has 6 heteroatoms. The van der Waals surface area contributed by atoms with Crippen LogP contribution in [0.1, 0.15) is 21.7 Å². The van der Waals surface area contributed by atoms with Crippen molar-refractivity contribution >= 4 is 40.3 Å². The number of rotatable bonds is 3. The topological polar surface area (TPSA) is 52.9 Å². The number of benzene rings is 1. The molecule has 0 spiro atoms. The van der Waals surface area contributed by atoms with Gasteiger partial charge in [0.25, 0.3) is 0 Å². The van der Waals surface area contributed by atoms with Crippen LogP contribution in [-0.2, 0) is 0 Å². The van der Waals surface area contributed by atoms with Gasteiger partial charge in [-0.25, -0.2) is 4.79 Å². The summed E-state index contributed by atoms with van der Waals surface area (Å²) in [4.78, 5) is 11.8. The van der Waals surface area contributed by atoms with Gasteiger partial charge in [-0.2, -0.15) is 5.10 Å². The number of halogens is 1. The lowest BCUT2D eigenvalue weighted by molar-refractivity contribution is 0.0697. The van der Waals surface area contributed by atoms with Gasteiger partial charge in [0.2, 0.25) is 0 Å². The molecular weight excluding hydrogens is 296 g/mol. The molecule has 0 atom stereocenters. The summed E-state index contributed by atoms with van der Waals surface area (Å²) in [5.74, 6) is -0.924. The second-order valence-electron chi connectivity index (χ2n) is 4.37. The van der Waals surface area contributed by atoms with E-state index in [0.717, 1.165) is 34.3 Å². The van der Waals surface area contributed by atoms with Gasteiger partial charge in [0.15, 0.2) is 0 Å². The van der Waals surface area contributed by atoms with E-state index in [4.69, 9.17) is 16.7 Å². The zero-order valence-corrected chi connectivity index (χ0v) is 12.0. The van der Waals surface area contributed by atoms with Gasteiger partial charge in [-0.05, 0) is 35.7 Å². The summed E-state index contributed by atoms with van der Waals surface area (Å²) in [5.41, 5.74) is 2.14. The van der Waals surface area contributed by atoms with E-state index in [1.165, 1.54) is 0 Å². The Morgan fingerprint density at radius 3 is 2.65 bits per heavy atom. The lowest BCUT2D eigenvalue weighted by Crippen LogP contribution is -2.11. The number of hydrogen-bond donors (Lipinski definition) is 1. The Hall–Kier alpha value is -1.85. The van der Waals surface area contributed by atoms with Gasteiger partial charge >= 0.3 is 5.97 Å². The fourth-order valence-electron chi connectivity index (χ4n) is 2.08. The lowest BCUT2D eigenvalue weighted by atomic mass is 10.2. The molecule has 20 heavy (non-hydrogen) atoms. The van der Waals surface area contributed by atoms with Crippen LogP contribution in [0.25, 0.3) is 0 Å². The molecule has 2 aromatic rings. The molecule has 0 amide bonds. The normalized spacial score (nSPS) is 14.4. The largest absolute Gasteiger partial charge is 0.478 e. The van der Waals surface area contributed by atoms with Crippen molar-refractivity contribution in [3.05, 3.63) is 51.2 Å². The number of carbonyl (C=O) groups is 1. The standard InChI is InChI=1S/C14H11ClN2O2S/c15-11-6-8-20-13(11)12-5-7-17(16-12)10-3-1-9(2-4-10)14(18)19/h1-4,6,8H,5,7H2,(H,18,19). The zero-order chi connectivity index (χ0) is 14.1. The molecule has 1 aliphatic rings. The van der Waals surface area contributed by atoms with E-state index in [-0.39, 0.29) is 5.56 Å². The highest BCUT2D eigenvalue weighted by molar-refractivity contribution is 7.12. The molecule has 1 N–H and O–H groups in total. The maximum atomic E-state index is 10.8. The number of thiophene rings is 1. The first-order valence-electron chi connectivity index (χ1n) is 6.07. The molecule has 4 nitrogen and oxygen atoms in total. The Balaban J connectivity index is 1.84. The SMILES string of the molecule is O=C(O)c1ccc(N2CCC(c3sccc3Cl)=N2)cc1. The highest BCUT2D eigenvalue weighted by Crippen LogP contribution is 2.28. The highest BCUT2D eigenvalue weighted by atomic mass is 35.5. The van der Waals surface area contributed by atoms with Crippen LogP contribution in [0.4, 0.5) is 5.69 Å². The summed E-state index contributed by atoms with van der Waals surface area (Å²) in [5, 5.41) is 18.0. The van der Waals surface area contributed by atoms with Gasteiger partial charge in [-0.15, -0.1) is 11.3 Å². The third-order valence-electron chi connectivity index (χ3n) is 3.09. The van der Waals surface area contributed by atoms with Gasteiger partial charge in [-0.1, -0.05) is 11.6 Å². The first kappa shape index (κ1) is 13.1. The van der Waals surface area contributed by atoms with Crippen LogP contribution < -0.4 is 5.01 Å². The van der Waals surface area contributed by atoms with Crippen LogP contribution in [0.2, 0.25) is 5.02 Å². The average molecular weight is 307 g/mol. The molecule has 0 saturated heterocycles. The molecule has 3 rings (SSSR count). The first-order chi connectivity index (χ1) is 9.65. The van der Waals surface area contributed by atoms with Crippen molar-refractivity contribution in [2.75, 3.05) is 11.6 Å². The van der Waals surface area contributed by atoms with Crippen molar-refractivity contribution in [3.8, 4) is 0 Å². The smallest absolute Gasteiger partial charge is 0.335 e. The van der Waals surface area contributed by atoms with Crippen LogP contribution >= 0.6 is 22.9 Å². The monoisotopic (exact) mass is 306 g/mol. The molecule has 1 aliphatic heterocycles. The third-order valence-corrected chi connectivity index (χ3v) is 4.48. The molecule has 0 saturated carbocycles. The van der Waals surface area contributed by atoms with E-state index in [0.29, 0.717) is 0 Å². The van der Waals surface area contributed by atoms with Gasteiger partial charge in [0.1, 0.15) is 0 Å². The molecule has 1 aromatic heterocycles. The van der Waals surface area contributed by atoms with E-state index in [2.05, 4.69) is 5.10 Å². The van der Waals surface area contributed by atoms with Crippen LogP contribution in [0.5, 0.6) is 0 Å². The summed E-state index contributed by atoms with van der Waals surface area (Å²) in [7, 11) is 0. The average Bonchev–Trinajstić information content (AvgIpc) is 3.07. The number of nitrogens with zero attached hydrogens (tertiary/aromatic N) is 2. The molecule has 0 fully saturated rings. The van der Waals surface area contributed by atoms with E-state index < -0.39 is 5.97 Å². The number of anilines is 1. The molecular formula is C14H11ClN2O2S. The summed E-state index contributed by atoms with van der Waals surface area (Å²) in [6.45, 7) is 0.774. The maximum absolute atomic E-state index is 10.8. The van der Waals surface area contributed by atoms with Crippen molar-refractivity contribution in [1.29, 1.82) is 0 Å². The van der Waals surface area contributed by atoms with E-state index >= 15 is 0 Å². The van der Waals surface area contributed by atoms with Crippen LogP contribution in [0, 0.1) is 0 Å². The lowest BCUT2D eigenvalue weighted by Gasteiger charge is -2.13. The molecule has 102 valence electrons. The molecule has 1 aromatic carbocycles. The Kier molecular flexibility index (Phi) is 3.46. The fourth-order valence-corrected chi connectivity index (χ4v) is 3.26. The Bertz CT molecular complexity index is 679. The second kappa shape index (κ2) is 5.26. The molecule has 0 aliphatic carbocycles. The van der Waals surface area contributed by atoms with E-state index in [1.54, 1.807) is 35.6 Å². The number of hydrazone groups is 1. The van der Waals surface area contributed by atoms with Crippen LogP contribution in [-0.4, -0.2) is 23.3 Å². The molecule has 2 heterocycles. The van der Waals surface area contributed by atoms with Gasteiger partial charge < -0.3 is 5.11 Å². The Morgan fingerprint density at radius 2 is 2.05 bits per heavy atom. The van der Waals surface area contributed by atoms with Crippen LogP contribution in [0.3, 0.4) is 0 Å². The predicted molar refractivity (Wildman–Crippen MR) is 81.2 cm³/mol. The highest BCUT2D eigenvalue weighted by Gasteiger charge is 2.20. The Morgan fingerprint density at radius 1 is 1.30 bits per heavy atom. The summed E-state index contributed by atoms with van der Waals surface area (Å²) in [6, 6.07) is 8.58. The first-order valence-corrected chi connectivity index (χ1v) is 7.32. The molecule has 0 bridgehead atoms. The van der Waals surface area contributed by atoms with Gasteiger partial charge in [-0.3, -0.25) is 5.01 Å². The van der Waals surface area contributed by atoms with E-state index in [1.807, 2.05) is 16.5 Å². The quantitative estimate of drug-likeness (QED) is 0.940. The third kappa shape index (κ3) is 2.42. The summed E-state index contributed by atoms with van der Waals surface area (Å²) < 4.78 is 0. The van der Waals surface area contributed by atoms with E-state index in [9.17, 15) is 4.79 Å². The minimum absolute atomic E-state index is 0.276. The second-order valence-corrected chi connectivity index (χ2v) is 5.69. The van der Waals surface area contributed by atoms with Crippen molar-refractivity contribution in [1.82, 2.24) is 0 Å². The summed E-state index contributed by atoms with van der Waals surface area (Å²) in [6.07, 6.45) is 0.834. The van der Waals surface area contributed by atoms with Crippen molar-refractivity contribution in [3.63, 3.8) is 0 Å². The fraction of sp³-hybridized carbons (Fsp3) is 0.143. The number of carboxylic acid groups (broad SMARTS) is 1.